The predicted molar refractivity (Wildman–Crippen MR) is 75.8 cm³/mol. The molecule has 3 N–H and O–H groups in total. The standard InChI is InChI=1S/C12H17N3O4S/c1-7(16)10-6-9(15(18)19)12(20-10)14-5-3-2-4-8(14)11(13)17/h6-8,16H,2-5H2,1H3,(H2,13,17). The Bertz CT molecular complexity index is 529. The maximum atomic E-state index is 11.5. The fraction of sp³-hybridized carbons (Fsp3) is 0.583. The molecule has 7 nitrogen and oxygen atoms in total. The van der Waals surface area contributed by atoms with E-state index in [-0.39, 0.29) is 5.69 Å². The van der Waals surface area contributed by atoms with Crippen molar-refractivity contribution in [3.63, 3.8) is 0 Å². The molecule has 0 spiro atoms. The highest BCUT2D eigenvalue weighted by Crippen LogP contribution is 2.42. The van der Waals surface area contributed by atoms with E-state index in [0.717, 1.165) is 24.2 Å². The number of thiophene rings is 1. The predicted octanol–water partition coefficient (Wildman–Crippen LogP) is 1.55. The highest BCUT2D eigenvalue weighted by Gasteiger charge is 2.33. The van der Waals surface area contributed by atoms with Gasteiger partial charge in [-0.2, -0.15) is 0 Å². The van der Waals surface area contributed by atoms with Crippen molar-refractivity contribution in [1.82, 2.24) is 0 Å². The normalized spacial score (nSPS) is 20.7. The summed E-state index contributed by atoms with van der Waals surface area (Å²) in [5, 5.41) is 21.2. The number of carbonyl (C=O) groups excluding carboxylic acids is 1. The molecular formula is C12H17N3O4S. The summed E-state index contributed by atoms with van der Waals surface area (Å²) in [5.74, 6) is -0.467. The molecule has 0 aliphatic carbocycles. The third-order valence-corrected chi connectivity index (χ3v) is 4.74. The lowest BCUT2D eigenvalue weighted by Crippen LogP contribution is -2.47. The molecule has 1 fully saturated rings. The lowest BCUT2D eigenvalue weighted by Gasteiger charge is -2.33. The minimum absolute atomic E-state index is 0.0703. The first-order valence-corrected chi connectivity index (χ1v) is 7.25. The quantitative estimate of drug-likeness (QED) is 0.647. The average Bonchev–Trinajstić information content (AvgIpc) is 2.83. The van der Waals surface area contributed by atoms with Crippen LogP contribution in [-0.4, -0.2) is 28.5 Å². The average molecular weight is 299 g/mol. The molecule has 0 radical (unpaired) electrons. The number of hydrogen-bond acceptors (Lipinski definition) is 6. The second kappa shape index (κ2) is 5.76. The maximum absolute atomic E-state index is 11.5. The summed E-state index contributed by atoms with van der Waals surface area (Å²) in [4.78, 5) is 24.4. The number of nitrogens with two attached hydrogens (primary N) is 1. The molecule has 2 rings (SSSR count). The van der Waals surface area contributed by atoms with Crippen LogP contribution in [0.2, 0.25) is 0 Å². The number of piperidine rings is 1. The van der Waals surface area contributed by atoms with Crippen LogP contribution in [0.15, 0.2) is 6.07 Å². The van der Waals surface area contributed by atoms with Gasteiger partial charge in [-0.25, -0.2) is 0 Å². The van der Waals surface area contributed by atoms with Crippen molar-refractivity contribution in [2.45, 2.75) is 38.3 Å². The van der Waals surface area contributed by atoms with Crippen molar-refractivity contribution >= 4 is 27.9 Å². The summed E-state index contributed by atoms with van der Waals surface area (Å²) in [7, 11) is 0. The zero-order chi connectivity index (χ0) is 14.9. The minimum Gasteiger partial charge on any atom is -0.388 e. The number of carbonyl (C=O) groups is 1. The Morgan fingerprint density at radius 1 is 1.65 bits per heavy atom. The number of amides is 1. The third-order valence-electron chi connectivity index (χ3n) is 3.41. The van der Waals surface area contributed by atoms with Crippen LogP contribution < -0.4 is 10.6 Å². The van der Waals surface area contributed by atoms with E-state index < -0.39 is 23.0 Å². The summed E-state index contributed by atoms with van der Waals surface area (Å²) in [6.45, 7) is 2.12. The SMILES string of the molecule is CC(O)c1cc([N+](=O)[O-])c(N2CCCCC2C(N)=O)s1. The molecule has 0 bridgehead atoms. The third kappa shape index (κ3) is 2.75. The van der Waals surface area contributed by atoms with Gasteiger partial charge in [0.15, 0.2) is 5.00 Å². The van der Waals surface area contributed by atoms with E-state index in [0.29, 0.717) is 22.8 Å². The van der Waals surface area contributed by atoms with Gasteiger partial charge in [0.2, 0.25) is 5.91 Å². The van der Waals surface area contributed by atoms with Gasteiger partial charge in [0.25, 0.3) is 0 Å². The van der Waals surface area contributed by atoms with Crippen molar-refractivity contribution in [3.05, 3.63) is 21.1 Å². The zero-order valence-corrected chi connectivity index (χ0v) is 11.9. The Hall–Kier alpha value is -1.67. The van der Waals surface area contributed by atoms with E-state index in [1.54, 1.807) is 11.8 Å². The Morgan fingerprint density at radius 2 is 2.35 bits per heavy atom. The number of aliphatic hydroxyl groups excluding tert-OH is 1. The molecule has 0 aromatic carbocycles. The molecule has 110 valence electrons. The highest BCUT2D eigenvalue weighted by molar-refractivity contribution is 7.16. The Labute approximate surface area is 120 Å². The van der Waals surface area contributed by atoms with Crippen LogP contribution in [0, 0.1) is 10.1 Å². The highest BCUT2D eigenvalue weighted by atomic mass is 32.1. The van der Waals surface area contributed by atoms with Crippen LogP contribution >= 0.6 is 11.3 Å². The number of nitrogens with zero attached hydrogens (tertiary/aromatic N) is 2. The van der Waals surface area contributed by atoms with Crippen molar-refractivity contribution in [2.75, 3.05) is 11.4 Å². The second-order valence-corrected chi connectivity index (χ2v) is 5.94. The molecule has 1 aliphatic heterocycles. The van der Waals surface area contributed by atoms with Gasteiger partial charge < -0.3 is 15.7 Å². The van der Waals surface area contributed by atoms with Gasteiger partial charge in [0.05, 0.1) is 11.0 Å². The second-order valence-electron chi connectivity index (χ2n) is 4.88. The Morgan fingerprint density at radius 3 is 2.90 bits per heavy atom. The molecule has 20 heavy (non-hydrogen) atoms. The van der Waals surface area contributed by atoms with Crippen LogP contribution in [-0.2, 0) is 4.79 Å². The van der Waals surface area contributed by atoms with Gasteiger partial charge in [0, 0.05) is 17.5 Å². The van der Waals surface area contributed by atoms with E-state index >= 15 is 0 Å². The first-order chi connectivity index (χ1) is 9.41. The summed E-state index contributed by atoms with van der Waals surface area (Å²) in [6, 6.07) is 0.861. The van der Waals surface area contributed by atoms with Crippen LogP contribution in [0.5, 0.6) is 0 Å². The summed E-state index contributed by atoms with van der Waals surface area (Å²) < 4.78 is 0. The van der Waals surface area contributed by atoms with Crippen molar-refractivity contribution in [3.8, 4) is 0 Å². The first-order valence-electron chi connectivity index (χ1n) is 6.44. The molecule has 1 aliphatic rings. The van der Waals surface area contributed by atoms with Crippen LogP contribution in [0.3, 0.4) is 0 Å². The lowest BCUT2D eigenvalue weighted by molar-refractivity contribution is -0.383. The fourth-order valence-electron chi connectivity index (χ4n) is 2.40. The summed E-state index contributed by atoms with van der Waals surface area (Å²) >= 11 is 1.15. The minimum atomic E-state index is -0.774. The molecule has 8 heteroatoms. The van der Waals surface area contributed by atoms with Gasteiger partial charge in [-0.1, -0.05) is 0 Å². The Kier molecular flexibility index (Phi) is 4.24. The molecule has 1 aromatic rings. The van der Waals surface area contributed by atoms with Crippen molar-refractivity contribution in [1.29, 1.82) is 0 Å². The van der Waals surface area contributed by atoms with Gasteiger partial charge in [-0.15, -0.1) is 11.3 Å². The molecule has 1 saturated heterocycles. The molecular weight excluding hydrogens is 282 g/mol. The number of anilines is 1. The van der Waals surface area contributed by atoms with Crippen LogP contribution in [0.1, 0.15) is 37.2 Å². The van der Waals surface area contributed by atoms with Gasteiger partial charge in [0.1, 0.15) is 6.04 Å². The fourth-order valence-corrected chi connectivity index (χ4v) is 3.54. The lowest BCUT2D eigenvalue weighted by atomic mass is 10.0. The molecule has 2 unspecified atom stereocenters. The summed E-state index contributed by atoms with van der Waals surface area (Å²) in [6.07, 6.45) is 1.58. The van der Waals surface area contributed by atoms with Crippen molar-refractivity contribution in [2.24, 2.45) is 5.73 Å². The smallest absolute Gasteiger partial charge is 0.304 e. The molecule has 1 aromatic heterocycles. The van der Waals surface area contributed by atoms with Gasteiger partial charge in [-0.05, 0) is 26.2 Å². The molecule has 2 atom stereocenters. The van der Waals surface area contributed by atoms with E-state index in [9.17, 15) is 20.0 Å². The van der Waals surface area contributed by atoms with E-state index in [1.165, 1.54) is 6.07 Å². The molecule has 0 saturated carbocycles. The molecule has 2 heterocycles. The van der Waals surface area contributed by atoms with Crippen LogP contribution in [0.4, 0.5) is 10.7 Å². The first kappa shape index (κ1) is 14.7. The van der Waals surface area contributed by atoms with Gasteiger partial charge in [-0.3, -0.25) is 14.9 Å². The van der Waals surface area contributed by atoms with Crippen molar-refractivity contribution < 1.29 is 14.8 Å². The number of aliphatic hydroxyl groups is 1. The zero-order valence-electron chi connectivity index (χ0n) is 11.1. The largest absolute Gasteiger partial charge is 0.388 e. The van der Waals surface area contributed by atoms with Gasteiger partial charge >= 0.3 is 5.69 Å². The molecule has 1 amide bonds. The maximum Gasteiger partial charge on any atom is 0.304 e. The Balaban J connectivity index is 2.43. The van der Waals surface area contributed by atoms with E-state index in [1.807, 2.05) is 0 Å². The summed E-state index contributed by atoms with van der Waals surface area (Å²) in [5.41, 5.74) is 5.32. The van der Waals surface area contributed by atoms with Crippen LogP contribution in [0.25, 0.3) is 0 Å². The van der Waals surface area contributed by atoms with E-state index in [4.69, 9.17) is 5.73 Å². The number of hydrogen-bond donors (Lipinski definition) is 2. The number of primary amides is 1. The number of rotatable bonds is 4. The topological polar surface area (TPSA) is 110 Å². The monoisotopic (exact) mass is 299 g/mol. The number of nitro groups is 1. The van der Waals surface area contributed by atoms with E-state index in [2.05, 4.69) is 0 Å².